The molecule has 0 saturated heterocycles. The molecule has 1 unspecified atom stereocenters. The van der Waals surface area contributed by atoms with E-state index in [9.17, 15) is 4.79 Å². The lowest BCUT2D eigenvalue weighted by molar-refractivity contribution is 0.0697. The maximum Gasteiger partial charge on any atom is 0.335 e. The van der Waals surface area contributed by atoms with Crippen LogP contribution < -0.4 is 0 Å². The minimum absolute atomic E-state index is 0.183. The van der Waals surface area contributed by atoms with Crippen LogP contribution in [0.5, 0.6) is 0 Å². The molecule has 2 heterocycles. The van der Waals surface area contributed by atoms with Gasteiger partial charge in [-0.3, -0.25) is 0 Å². The summed E-state index contributed by atoms with van der Waals surface area (Å²) in [6, 6.07) is 6.39. The van der Waals surface area contributed by atoms with Crippen LogP contribution in [0.1, 0.15) is 28.8 Å². The van der Waals surface area contributed by atoms with Gasteiger partial charge in [0.15, 0.2) is 6.10 Å². The minimum Gasteiger partial charge on any atom is -0.488 e. The summed E-state index contributed by atoms with van der Waals surface area (Å²) < 4.78 is 10.4. The van der Waals surface area contributed by atoms with Crippen LogP contribution in [0.15, 0.2) is 41.1 Å². The lowest BCUT2D eigenvalue weighted by atomic mass is 10.1. The highest BCUT2D eigenvalue weighted by atomic mass is 16.5. The molecule has 1 N–H and O–H groups in total. The van der Waals surface area contributed by atoms with Crippen LogP contribution in [0.4, 0.5) is 0 Å². The van der Waals surface area contributed by atoms with E-state index in [1.54, 1.807) is 18.4 Å². The monoisotopic (exact) mass is 258 g/mol. The van der Waals surface area contributed by atoms with Crippen molar-refractivity contribution in [2.75, 3.05) is 0 Å². The van der Waals surface area contributed by atoms with Gasteiger partial charge in [-0.1, -0.05) is 17.3 Å². The molecule has 1 atom stereocenters. The Kier molecular flexibility index (Phi) is 2.75. The zero-order chi connectivity index (χ0) is 13.2. The lowest BCUT2D eigenvalue weighted by Crippen LogP contribution is -1.97. The summed E-state index contributed by atoms with van der Waals surface area (Å²) >= 11 is 0. The average molecular weight is 258 g/mol. The largest absolute Gasteiger partial charge is 0.488 e. The zero-order valence-corrected chi connectivity index (χ0v) is 9.81. The van der Waals surface area contributed by atoms with Gasteiger partial charge in [0.05, 0.1) is 11.8 Å². The number of aromatic nitrogens is 2. The fourth-order valence-electron chi connectivity index (χ4n) is 1.82. The van der Waals surface area contributed by atoms with Crippen LogP contribution in [0.3, 0.4) is 0 Å². The molecular formula is C13H10N2O4. The van der Waals surface area contributed by atoms with Crippen molar-refractivity contribution in [1.29, 1.82) is 0 Å². The summed E-state index contributed by atoms with van der Waals surface area (Å²) in [4.78, 5) is 15.1. The standard InChI is InChI=1S/C13H10N2O4/c16-13(17)9-4-1-3-8(7-9)11-14-12(19-15-11)10-5-2-6-18-10/h1-4,6-7,10H,5H2,(H,16,17). The summed E-state index contributed by atoms with van der Waals surface area (Å²) in [5.41, 5.74) is 0.781. The molecule has 19 heavy (non-hydrogen) atoms. The van der Waals surface area contributed by atoms with E-state index in [-0.39, 0.29) is 11.7 Å². The number of hydrogen-bond acceptors (Lipinski definition) is 5. The smallest absolute Gasteiger partial charge is 0.335 e. The van der Waals surface area contributed by atoms with Crippen molar-refractivity contribution in [3.8, 4) is 11.4 Å². The highest BCUT2D eigenvalue weighted by Gasteiger charge is 2.22. The van der Waals surface area contributed by atoms with Gasteiger partial charge in [0, 0.05) is 12.0 Å². The van der Waals surface area contributed by atoms with Gasteiger partial charge in [0.1, 0.15) is 0 Å². The summed E-state index contributed by atoms with van der Waals surface area (Å²) in [5, 5.41) is 12.8. The third-order valence-corrected chi connectivity index (χ3v) is 2.77. The van der Waals surface area contributed by atoms with E-state index in [2.05, 4.69) is 10.1 Å². The molecule has 2 aromatic rings. The predicted octanol–water partition coefficient (Wildman–Crippen LogP) is 2.41. The van der Waals surface area contributed by atoms with Crippen molar-refractivity contribution in [1.82, 2.24) is 10.1 Å². The van der Waals surface area contributed by atoms with Crippen molar-refractivity contribution in [3.63, 3.8) is 0 Å². The van der Waals surface area contributed by atoms with Crippen LogP contribution in [0, 0.1) is 0 Å². The Bertz CT molecular complexity index is 640. The van der Waals surface area contributed by atoms with E-state index in [1.807, 2.05) is 6.08 Å². The van der Waals surface area contributed by atoms with E-state index < -0.39 is 5.97 Å². The molecule has 6 nitrogen and oxygen atoms in total. The second-order valence-corrected chi connectivity index (χ2v) is 4.07. The topological polar surface area (TPSA) is 85.5 Å². The van der Waals surface area contributed by atoms with E-state index in [0.717, 1.165) is 0 Å². The third-order valence-electron chi connectivity index (χ3n) is 2.77. The van der Waals surface area contributed by atoms with E-state index in [0.29, 0.717) is 23.7 Å². The maximum absolute atomic E-state index is 10.9. The molecule has 1 aliphatic heterocycles. The van der Waals surface area contributed by atoms with Gasteiger partial charge in [-0.05, 0) is 18.2 Å². The number of nitrogens with zero attached hydrogens (tertiary/aromatic N) is 2. The molecule has 6 heteroatoms. The lowest BCUT2D eigenvalue weighted by Gasteiger charge is -2.02. The van der Waals surface area contributed by atoms with Crippen molar-refractivity contribution >= 4 is 5.97 Å². The van der Waals surface area contributed by atoms with Crippen molar-refractivity contribution < 1.29 is 19.2 Å². The van der Waals surface area contributed by atoms with Crippen LogP contribution in [-0.2, 0) is 4.74 Å². The van der Waals surface area contributed by atoms with Crippen LogP contribution in [0.25, 0.3) is 11.4 Å². The number of carboxylic acid groups (broad SMARTS) is 1. The second-order valence-electron chi connectivity index (χ2n) is 4.07. The first kappa shape index (κ1) is 11.5. The number of ether oxygens (including phenoxy) is 1. The molecule has 0 amide bonds. The number of rotatable bonds is 3. The van der Waals surface area contributed by atoms with E-state index in [1.165, 1.54) is 12.1 Å². The number of carboxylic acids is 1. The fourth-order valence-corrected chi connectivity index (χ4v) is 1.82. The molecular weight excluding hydrogens is 248 g/mol. The Morgan fingerprint density at radius 1 is 1.42 bits per heavy atom. The van der Waals surface area contributed by atoms with Gasteiger partial charge in [0.25, 0.3) is 5.89 Å². The molecule has 0 saturated carbocycles. The van der Waals surface area contributed by atoms with Crippen LogP contribution >= 0.6 is 0 Å². The Morgan fingerprint density at radius 2 is 2.32 bits per heavy atom. The number of benzene rings is 1. The molecule has 0 aliphatic carbocycles. The van der Waals surface area contributed by atoms with Gasteiger partial charge in [0.2, 0.25) is 5.82 Å². The second kappa shape index (κ2) is 4.56. The Balaban J connectivity index is 1.90. The van der Waals surface area contributed by atoms with Gasteiger partial charge in [-0.25, -0.2) is 4.79 Å². The van der Waals surface area contributed by atoms with E-state index >= 15 is 0 Å². The van der Waals surface area contributed by atoms with Gasteiger partial charge in [-0.15, -0.1) is 0 Å². The van der Waals surface area contributed by atoms with Gasteiger partial charge < -0.3 is 14.4 Å². The molecule has 0 bridgehead atoms. The highest BCUT2D eigenvalue weighted by Crippen LogP contribution is 2.27. The minimum atomic E-state index is -0.992. The highest BCUT2D eigenvalue weighted by molar-refractivity contribution is 5.89. The molecule has 1 aromatic carbocycles. The number of aromatic carboxylic acids is 1. The summed E-state index contributed by atoms with van der Waals surface area (Å²) in [5.74, 6) is -0.247. The van der Waals surface area contributed by atoms with Crippen LogP contribution in [-0.4, -0.2) is 21.2 Å². The molecule has 1 aliphatic rings. The van der Waals surface area contributed by atoms with Crippen molar-refractivity contribution in [3.05, 3.63) is 48.1 Å². The van der Waals surface area contributed by atoms with Crippen LogP contribution in [0.2, 0.25) is 0 Å². The Morgan fingerprint density at radius 3 is 3.05 bits per heavy atom. The quantitative estimate of drug-likeness (QED) is 0.909. The summed E-state index contributed by atoms with van der Waals surface area (Å²) in [6.07, 6.45) is 3.92. The Hall–Kier alpha value is -2.63. The van der Waals surface area contributed by atoms with Crippen molar-refractivity contribution in [2.24, 2.45) is 0 Å². The zero-order valence-electron chi connectivity index (χ0n) is 9.81. The first-order valence-corrected chi connectivity index (χ1v) is 5.72. The fraction of sp³-hybridized carbons (Fsp3) is 0.154. The first-order valence-electron chi connectivity index (χ1n) is 5.72. The normalized spacial score (nSPS) is 17.4. The summed E-state index contributed by atoms with van der Waals surface area (Å²) in [7, 11) is 0. The SMILES string of the molecule is O=C(O)c1cccc(-c2noc(C3CC=CO3)n2)c1. The maximum atomic E-state index is 10.9. The molecule has 0 fully saturated rings. The third kappa shape index (κ3) is 2.20. The molecule has 0 spiro atoms. The average Bonchev–Trinajstić information content (AvgIpc) is 3.09. The number of carbonyl (C=O) groups is 1. The first-order chi connectivity index (χ1) is 9.24. The molecule has 96 valence electrons. The van der Waals surface area contributed by atoms with Crippen molar-refractivity contribution in [2.45, 2.75) is 12.5 Å². The molecule has 3 rings (SSSR count). The van der Waals surface area contributed by atoms with E-state index in [4.69, 9.17) is 14.4 Å². The Labute approximate surface area is 108 Å². The molecule has 0 radical (unpaired) electrons. The number of hydrogen-bond donors (Lipinski definition) is 1. The van der Waals surface area contributed by atoms with Gasteiger partial charge >= 0.3 is 5.97 Å². The van der Waals surface area contributed by atoms with Gasteiger partial charge in [-0.2, -0.15) is 4.98 Å². The molecule has 1 aromatic heterocycles. The predicted molar refractivity (Wildman–Crippen MR) is 64.3 cm³/mol. The summed E-state index contributed by atoms with van der Waals surface area (Å²) in [6.45, 7) is 0.